The molecule has 2 unspecified atom stereocenters. The lowest BCUT2D eigenvalue weighted by Gasteiger charge is -2.42. The molecule has 1 fully saturated rings. The third-order valence-corrected chi connectivity index (χ3v) is 4.31. The van der Waals surface area contributed by atoms with Gasteiger partial charge in [-0.05, 0) is 60.2 Å². The van der Waals surface area contributed by atoms with Crippen molar-refractivity contribution in [2.75, 3.05) is 33.7 Å². The minimum absolute atomic E-state index is 0.206. The Bertz CT molecular complexity index is 257. The van der Waals surface area contributed by atoms with Crippen molar-refractivity contribution in [2.24, 2.45) is 5.92 Å². The molecule has 0 aromatic heterocycles. The van der Waals surface area contributed by atoms with Gasteiger partial charge in [0.25, 0.3) is 0 Å². The van der Waals surface area contributed by atoms with E-state index < -0.39 is 0 Å². The van der Waals surface area contributed by atoms with Gasteiger partial charge in [0.1, 0.15) is 0 Å². The minimum atomic E-state index is 0.206. The molecule has 2 atom stereocenters. The van der Waals surface area contributed by atoms with E-state index >= 15 is 0 Å². The van der Waals surface area contributed by atoms with Gasteiger partial charge in [-0.25, -0.2) is 0 Å². The molecule has 0 saturated carbocycles. The Morgan fingerprint density at radius 2 is 1.95 bits per heavy atom. The average Bonchev–Trinajstić information content (AvgIpc) is 2.27. The molecule has 1 N–H and O–H groups in total. The zero-order chi connectivity index (χ0) is 14.6. The number of likely N-dealkylation sites (N-methyl/N-ethyl adjacent to an activating group) is 2. The van der Waals surface area contributed by atoms with Crippen LogP contribution in [0.25, 0.3) is 0 Å². The van der Waals surface area contributed by atoms with Gasteiger partial charge in [0.15, 0.2) is 0 Å². The summed E-state index contributed by atoms with van der Waals surface area (Å²) in [5, 5.41) is 3.68. The Morgan fingerprint density at radius 1 is 1.32 bits per heavy atom. The van der Waals surface area contributed by atoms with Gasteiger partial charge in [-0.3, -0.25) is 4.90 Å². The standard InChI is InChI=1S/C16H35N3/c1-13(2)15(11-17-16(3,4)5)19(7)14-9-8-10-18(6)12-14/h13-15,17H,8-12H2,1-7H3. The van der Waals surface area contributed by atoms with Crippen LogP contribution in [0.15, 0.2) is 0 Å². The highest BCUT2D eigenvalue weighted by molar-refractivity contribution is 4.86. The molecular formula is C16H35N3. The normalized spacial score (nSPS) is 24.2. The highest BCUT2D eigenvalue weighted by Gasteiger charge is 2.28. The van der Waals surface area contributed by atoms with E-state index in [0.29, 0.717) is 18.0 Å². The van der Waals surface area contributed by atoms with Gasteiger partial charge in [0.05, 0.1) is 0 Å². The van der Waals surface area contributed by atoms with Crippen molar-refractivity contribution in [1.82, 2.24) is 15.1 Å². The van der Waals surface area contributed by atoms with Crippen LogP contribution in [-0.2, 0) is 0 Å². The summed E-state index contributed by atoms with van der Waals surface area (Å²) in [4.78, 5) is 5.10. The highest BCUT2D eigenvalue weighted by Crippen LogP contribution is 2.19. The first kappa shape index (κ1) is 16.9. The maximum absolute atomic E-state index is 3.68. The lowest BCUT2D eigenvalue weighted by atomic mass is 9.96. The van der Waals surface area contributed by atoms with Gasteiger partial charge in [0, 0.05) is 30.7 Å². The largest absolute Gasteiger partial charge is 0.311 e. The first-order chi connectivity index (χ1) is 8.70. The van der Waals surface area contributed by atoms with Crippen molar-refractivity contribution in [3.63, 3.8) is 0 Å². The maximum Gasteiger partial charge on any atom is 0.0244 e. The molecule has 0 aromatic rings. The molecule has 1 rings (SSSR count). The van der Waals surface area contributed by atoms with Crippen molar-refractivity contribution < 1.29 is 0 Å². The van der Waals surface area contributed by atoms with Crippen LogP contribution in [0.2, 0.25) is 0 Å². The van der Waals surface area contributed by atoms with Crippen LogP contribution in [-0.4, -0.2) is 61.2 Å². The second kappa shape index (κ2) is 7.05. The summed E-state index contributed by atoms with van der Waals surface area (Å²) in [6, 6.07) is 1.34. The van der Waals surface area contributed by atoms with Crippen molar-refractivity contribution in [3.8, 4) is 0 Å². The Hall–Kier alpha value is -0.120. The minimum Gasteiger partial charge on any atom is -0.311 e. The fourth-order valence-electron chi connectivity index (χ4n) is 3.00. The summed E-state index contributed by atoms with van der Waals surface area (Å²) < 4.78 is 0. The molecule has 1 heterocycles. The fourth-order valence-corrected chi connectivity index (χ4v) is 3.00. The number of rotatable bonds is 5. The van der Waals surface area contributed by atoms with E-state index in [1.54, 1.807) is 0 Å². The first-order valence-electron chi connectivity index (χ1n) is 7.86. The summed E-state index contributed by atoms with van der Waals surface area (Å²) in [7, 11) is 4.57. The zero-order valence-corrected chi connectivity index (χ0v) is 14.2. The van der Waals surface area contributed by atoms with Crippen LogP contribution in [0.1, 0.15) is 47.5 Å². The SMILES string of the molecule is CC(C)C(CNC(C)(C)C)N(C)C1CCCN(C)C1. The number of hydrogen-bond acceptors (Lipinski definition) is 3. The van der Waals surface area contributed by atoms with E-state index in [-0.39, 0.29) is 5.54 Å². The molecule has 0 radical (unpaired) electrons. The molecule has 19 heavy (non-hydrogen) atoms. The van der Waals surface area contributed by atoms with Crippen molar-refractivity contribution in [1.29, 1.82) is 0 Å². The Labute approximate surface area is 120 Å². The van der Waals surface area contributed by atoms with Crippen LogP contribution in [0, 0.1) is 5.92 Å². The van der Waals surface area contributed by atoms with E-state index in [9.17, 15) is 0 Å². The lowest BCUT2D eigenvalue weighted by Crippen LogP contribution is -2.55. The number of likely N-dealkylation sites (tertiary alicyclic amines) is 1. The molecule has 114 valence electrons. The zero-order valence-electron chi connectivity index (χ0n) is 14.2. The molecule has 1 aliphatic rings. The molecule has 0 amide bonds. The Kier molecular flexibility index (Phi) is 6.28. The van der Waals surface area contributed by atoms with Gasteiger partial charge in [-0.1, -0.05) is 13.8 Å². The Balaban J connectivity index is 2.59. The van der Waals surface area contributed by atoms with E-state index in [4.69, 9.17) is 0 Å². The number of hydrogen-bond donors (Lipinski definition) is 1. The van der Waals surface area contributed by atoms with E-state index in [0.717, 1.165) is 6.54 Å². The summed E-state index contributed by atoms with van der Waals surface area (Å²) in [5.41, 5.74) is 0.206. The maximum atomic E-state index is 3.68. The van der Waals surface area contributed by atoms with Gasteiger partial charge < -0.3 is 10.2 Å². The first-order valence-corrected chi connectivity index (χ1v) is 7.86. The molecule has 0 aliphatic carbocycles. The molecule has 3 nitrogen and oxygen atoms in total. The summed E-state index contributed by atoms with van der Waals surface area (Å²) >= 11 is 0. The lowest BCUT2D eigenvalue weighted by molar-refractivity contribution is 0.0750. The average molecular weight is 269 g/mol. The smallest absolute Gasteiger partial charge is 0.0244 e. The number of nitrogens with zero attached hydrogens (tertiary/aromatic N) is 2. The van der Waals surface area contributed by atoms with Crippen molar-refractivity contribution in [2.45, 2.75) is 65.1 Å². The third-order valence-electron chi connectivity index (χ3n) is 4.31. The van der Waals surface area contributed by atoms with Crippen molar-refractivity contribution in [3.05, 3.63) is 0 Å². The molecule has 1 saturated heterocycles. The fraction of sp³-hybridized carbons (Fsp3) is 1.00. The Morgan fingerprint density at radius 3 is 2.42 bits per heavy atom. The molecule has 0 spiro atoms. The highest BCUT2D eigenvalue weighted by atomic mass is 15.2. The summed E-state index contributed by atoms with van der Waals surface area (Å²) in [5.74, 6) is 0.687. The third kappa shape index (κ3) is 5.80. The molecule has 0 bridgehead atoms. The second-order valence-corrected chi connectivity index (χ2v) is 7.67. The summed E-state index contributed by atoms with van der Waals surface area (Å²) in [6.07, 6.45) is 2.68. The van der Waals surface area contributed by atoms with E-state index in [2.05, 4.69) is 63.8 Å². The summed E-state index contributed by atoms with van der Waals surface area (Å²) in [6.45, 7) is 15.0. The predicted octanol–water partition coefficient (Wildman–Crippen LogP) is 2.43. The van der Waals surface area contributed by atoms with Crippen molar-refractivity contribution >= 4 is 0 Å². The van der Waals surface area contributed by atoms with E-state index in [1.165, 1.54) is 25.9 Å². The number of nitrogens with one attached hydrogen (secondary N) is 1. The van der Waals surface area contributed by atoms with Crippen LogP contribution >= 0.6 is 0 Å². The molecule has 0 aromatic carbocycles. The van der Waals surface area contributed by atoms with Crippen LogP contribution in [0.3, 0.4) is 0 Å². The molecule has 3 heteroatoms. The second-order valence-electron chi connectivity index (χ2n) is 7.67. The topological polar surface area (TPSA) is 18.5 Å². The van der Waals surface area contributed by atoms with Crippen LogP contribution in [0.5, 0.6) is 0 Å². The van der Waals surface area contributed by atoms with Gasteiger partial charge in [-0.2, -0.15) is 0 Å². The van der Waals surface area contributed by atoms with Gasteiger partial charge in [-0.15, -0.1) is 0 Å². The number of piperidine rings is 1. The molecular weight excluding hydrogens is 234 g/mol. The van der Waals surface area contributed by atoms with Gasteiger partial charge >= 0.3 is 0 Å². The molecule has 1 aliphatic heterocycles. The monoisotopic (exact) mass is 269 g/mol. The van der Waals surface area contributed by atoms with Gasteiger partial charge in [0.2, 0.25) is 0 Å². The quantitative estimate of drug-likeness (QED) is 0.827. The van der Waals surface area contributed by atoms with Crippen LogP contribution in [0.4, 0.5) is 0 Å². The predicted molar refractivity (Wildman–Crippen MR) is 84.7 cm³/mol. The van der Waals surface area contributed by atoms with Crippen LogP contribution < -0.4 is 5.32 Å². The van der Waals surface area contributed by atoms with E-state index in [1.807, 2.05) is 0 Å².